The fourth-order valence-electron chi connectivity index (χ4n) is 2.74. The van der Waals surface area contributed by atoms with Gasteiger partial charge in [0.25, 0.3) is 11.8 Å². The number of rotatable bonds is 8. The van der Waals surface area contributed by atoms with Crippen LogP contribution in [0.3, 0.4) is 0 Å². The zero-order valence-electron chi connectivity index (χ0n) is 15.2. The lowest BCUT2D eigenvalue weighted by molar-refractivity contribution is -0.135. The molecule has 5 heteroatoms. The van der Waals surface area contributed by atoms with Crippen LogP contribution in [0.1, 0.15) is 18.9 Å². The summed E-state index contributed by atoms with van der Waals surface area (Å²) < 4.78 is 5.61. The molecule has 0 saturated carbocycles. The Bertz CT molecular complexity index is 872. The molecule has 0 fully saturated rings. The van der Waals surface area contributed by atoms with Crippen LogP contribution in [0.2, 0.25) is 0 Å². The lowest BCUT2D eigenvalue weighted by Gasteiger charge is -2.12. The van der Waals surface area contributed by atoms with Crippen LogP contribution in [-0.2, 0) is 9.59 Å². The Balaban J connectivity index is 1.98. The van der Waals surface area contributed by atoms with Gasteiger partial charge >= 0.3 is 0 Å². The molecule has 1 heterocycles. The van der Waals surface area contributed by atoms with Gasteiger partial charge in [0.15, 0.2) is 0 Å². The van der Waals surface area contributed by atoms with Gasteiger partial charge in [-0.1, -0.05) is 55.1 Å². The molecule has 1 aliphatic heterocycles. The van der Waals surface area contributed by atoms with Gasteiger partial charge in [-0.05, 0) is 36.2 Å². The van der Waals surface area contributed by atoms with Crippen LogP contribution in [0.25, 0.3) is 5.57 Å². The van der Waals surface area contributed by atoms with E-state index in [-0.39, 0.29) is 18.4 Å². The standard InChI is InChI=1S/C22H21NO3S/c1-3-14-23-21(24)19(16-10-12-17(13-11-16)26-15-4-2)20(22(23)25)27-18-8-6-5-7-9-18/h3,5-13H,1,4,14-15H2,2H3. The van der Waals surface area contributed by atoms with E-state index in [0.717, 1.165) is 17.1 Å². The van der Waals surface area contributed by atoms with Crippen LogP contribution in [0.5, 0.6) is 5.75 Å². The van der Waals surface area contributed by atoms with E-state index >= 15 is 0 Å². The minimum atomic E-state index is -0.291. The summed E-state index contributed by atoms with van der Waals surface area (Å²) in [6.45, 7) is 6.53. The van der Waals surface area contributed by atoms with Gasteiger partial charge in [0, 0.05) is 11.4 Å². The van der Waals surface area contributed by atoms with Gasteiger partial charge in [-0.15, -0.1) is 6.58 Å². The maximum absolute atomic E-state index is 12.9. The lowest BCUT2D eigenvalue weighted by Crippen LogP contribution is -2.31. The van der Waals surface area contributed by atoms with Gasteiger partial charge < -0.3 is 4.74 Å². The van der Waals surface area contributed by atoms with E-state index < -0.39 is 0 Å². The Kier molecular flexibility index (Phi) is 6.14. The molecular weight excluding hydrogens is 358 g/mol. The average Bonchev–Trinajstić information content (AvgIpc) is 2.92. The SMILES string of the molecule is C=CCN1C(=O)C(Sc2ccccc2)=C(c2ccc(OCCC)cc2)C1=O. The smallest absolute Gasteiger partial charge is 0.268 e. The van der Waals surface area contributed by atoms with Crippen molar-refractivity contribution in [2.75, 3.05) is 13.2 Å². The van der Waals surface area contributed by atoms with Crippen molar-refractivity contribution in [2.24, 2.45) is 0 Å². The van der Waals surface area contributed by atoms with E-state index in [4.69, 9.17) is 4.74 Å². The highest BCUT2D eigenvalue weighted by Gasteiger charge is 2.38. The number of ether oxygens (including phenoxy) is 1. The number of hydrogen-bond acceptors (Lipinski definition) is 4. The molecule has 138 valence electrons. The molecule has 2 aromatic rings. The minimum Gasteiger partial charge on any atom is -0.494 e. The third-order valence-electron chi connectivity index (χ3n) is 4.02. The lowest BCUT2D eigenvalue weighted by atomic mass is 10.1. The molecular formula is C22H21NO3S. The minimum absolute atomic E-state index is 0.192. The van der Waals surface area contributed by atoms with Crippen LogP contribution in [0.15, 0.2) is 77.1 Å². The predicted molar refractivity (Wildman–Crippen MR) is 108 cm³/mol. The summed E-state index contributed by atoms with van der Waals surface area (Å²) in [5.41, 5.74) is 1.14. The first-order valence-corrected chi connectivity index (χ1v) is 9.64. The van der Waals surface area contributed by atoms with Crippen molar-refractivity contribution in [1.29, 1.82) is 0 Å². The summed E-state index contributed by atoms with van der Waals surface area (Å²) in [7, 11) is 0. The molecule has 0 saturated heterocycles. The number of hydrogen-bond donors (Lipinski definition) is 0. The van der Waals surface area contributed by atoms with E-state index in [0.29, 0.717) is 22.6 Å². The zero-order valence-corrected chi connectivity index (χ0v) is 16.0. The molecule has 27 heavy (non-hydrogen) atoms. The average molecular weight is 379 g/mol. The van der Waals surface area contributed by atoms with Crippen molar-refractivity contribution in [3.05, 3.63) is 77.7 Å². The fourth-order valence-corrected chi connectivity index (χ4v) is 3.78. The number of thioether (sulfide) groups is 1. The second kappa shape index (κ2) is 8.73. The molecule has 0 atom stereocenters. The molecule has 2 aromatic carbocycles. The van der Waals surface area contributed by atoms with Crippen LogP contribution in [0, 0.1) is 0 Å². The van der Waals surface area contributed by atoms with Crippen molar-refractivity contribution in [3.63, 3.8) is 0 Å². The second-order valence-electron chi connectivity index (χ2n) is 6.00. The normalized spacial score (nSPS) is 14.0. The van der Waals surface area contributed by atoms with Crippen molar-refractivity contribution >= 4 is 29.1 Å². The summed E-state index contributed by atoms with van der Waals surface area (Å²) in [5, 5.41) is 0. The predicted octanol–water partition coefficient (Wildman–Crippen LogP) is 4.53. The van der Waals surface area contributed by atoms with E-state index in [1.54, 1.807) is 6.08 Å². The highest BCUT2D eigenvalue weighted by atomic mass is 32.2. The number of amides is 2. The third kappa shape index (κ3) is 4.14. The molecule has 0 spiro atoms. The Morgan fingerprint density at radius 2 is 1.74 bits per heavy atom. The van der Waals surface area contributed by atoms with E-state index in [9.17, 15) is 9.59 Å². The topological polar surface area (TPSA) is 46.6 Å². The number of imide groups is 1. The molecule has 2 amide bonds. The Morgan fingerprint density at radius 1 is 1.04 bits per heavy atom. The fraction of sp³-hybridized carbons (Fsp3) is 0.182. The summed E-state index contributed by atoms with van der Waals surface area (Å²) in [5.74, 6) is 0.175. The van der Waals surface area contributed by atoms with E-state index in [1.165, 1.54) is 16.7 Å². The monoisotopic (exact) mass is 379 g/mol. The highest BCUT2D eigenvalue weighted by molar-refractivity contribution is 8.04. The van der Waals surface area contributed by atoms with Crippen molar-refractivity contribution in [2.45, 2.75) is 18.2 Å². The van der Waals surface area contributed by atoms with Crippen molar-refractivity contribution in [3.8, 4) is 5.75 Å². The Morgan fingerprint density at radius 3 is 2.37 bits per heavy atom. The van der Waals surface area contributed by atoms with Crippen LogP contribution in [0.4, 0.5) is 0 Å². The third-order valence-corrected chi connectivity index (χ3v) is 5.11. The molecule has 4 nitrogen and oxygen atoms in total. The summed E-state index contributed by atoms with van der Waals surface area (Å²) >= 11 is 1.32. The number of carbonyl (C=O) groups is 2. The first-order valence-electron chi connectivity index (χ1n) is 8.83. The number of benzene rings is 2. The van der Waals surface area contributed by atoms with E-state index in [2.05, 4.69) is 6.58 Å². The summed E-state index contributed by atoms with van der Waals surface area (Å²) in [6.07, 6.45) is 2.49. The second-order valence-corrected chi connectivity index (χ2v) is 7.09. The first kappa shape index (κ1) is 19.0. The molecule has 0 aliphatic carbocycles. The van der Waals surface area contributed by atoms with E-state index in [1.807, 2.05) is 61.5 Å². The Labute approximate surface area is 163 Å². The summed E-state index contributed by atoms with van der Waals surface area (Å²) in [6, 6.07) is 16.9. The largest absolute Gasteiger partial charge is 0.494 e. The van der Waals surface area contributed by atoms with Crippen LogP contribution >= 0.6 is 11.8 Å². The highest BCUT2D eigenvalue weighted by Crippen LogP contribution is 2.39. The van der Waals surface area contributed by atoms with Crippen LogP contribution in [-0.4, -0.2) is 29.9 Å². The van der Waals surface area contributed by atoms with Gasteiger partial charge in [0.2, 0.25) is 0 Å². The van der Waals surface area contributed by atoms with Crippen molar-refractivity contribution in [1.82, 2.24) is 4.90 Å². The summed E-state index contributed by atoms with van der Waals surface area (Å²) in [4.78, 5) is 28.4. The molecule has 0 radical (unpaired) electrons. The maximum atomic E-state index is 12.9. The van der Waals surface area contributed by atoms with Gasteiger partial charge in [-0.2, -0.15) is 0 Å². The first-order chi connectivity index (χ1) is 13.2. The molecule has 1 aliphatic rings. The quantitative estimate of drug-likeness (QED) is 0.499. The number of carbonyl (C=O) groups excluding carboxylic acids is 2. The van der Waals surface area contributed by atoms with Gasteiger partial charge in [-0.25, -0.2) is 0 Å². The maximum Gasteiger partial charge on any atom is 0.268 e. The van der Waals surface area contributed by atoms with Crippen LogP contribution < -0.4 is 4.74 Å². The van der Waals surface area contributed by atoms with Gasteiger partial charge in [-0.3, -0.25) is 14.5 Å². The molecule has 0 unspecified atom stereocenters. The molecule has 0 N–H and O–H groups in total. The van der Waals surface area contributed by atoms with Gasteiger partial charge in [0.1, 0.15) is 5.75 Å². The van der Waals surface area contributed by atoms with Gasteiger partial charge in [0.05, 0.1) is 17.1 Å². The molecule has 3 rings (SSSR count). The zero-order chi connectivity index (χ0) is 19.2. The number of nitrogens with zero attached hydrogens (tertiary/aromatic N) is 1. The molecule has 0 bridgehead atoms. The molecule has 0 aromatic heterocycles. The Hall–Kier alpha value is -2.79. The van der Waals surface area contributed by atoms with Crippen molar-refractivity contribution < 1.29 is 14.3 Å².